The molecule has 0 aliphatic heterocycles. The molecule has 1 aliphatic rings. The highest BCUT2D eigenvalue weighted by molar-refractivity contribution is 5.67. The van der Waals surface area contributed by atoms with Crippen molar-refractivity contribution in [3.8, 4) is 0 Å². The molecule has 0 heterocycles. The van der Waals surface area contributed by atoms with E-state index in [1.165, 1.54) is 12.8 Å². The number of amides is 1. The van der Waals surface area contributed by atoms with Crippen LogP contribution >= 0.6 is 0 Å². The van der Waals surface area contributed by atoms with Crippen molar-refractivity contribution in [1.82, 2.24) is 5.32 Å². The molecule has 0 unspecified atom stereocenters. The van der Waals surface area contributed by atoms with Crippen molar-refractivity contribution in [2.24, 2.45) is 5.73 Å². The Kier molecular flexibility index (Phi) is 5.60. The van der Waals surface area contributed by atoms with Crippen molar-refractivity contribution in [1.29, 1.82) is 0 Å². The summed E-state index contributed by atoms with van der Waals surface area (Å²) >= 11 is 0. The fourth-order valence-electron chi connectivity index (χ4n) is 2.06. The van der Waals surface area contributed by atoms with E-state index in [9.17, 15) is 4.79 Å². The van der Waals surface area contributed by atoms with Crippen LogP contribution in [0.25, 0.3) is 0 Å². The molecule has 0 radical (unpaired) electrons. The molecule has 1 aliphatic carbocycles. The molecule has 0 aromatic carbocycles. The lowest BCUT2D eigenvalue weighted by Crippen LogP contribution is -2.45. The van der Waals surface area contributed by atoms with Crippen molar-refractivity contribution in [2.75, 3.05) is 13.2 Å². The summed E-state index contributed by atoms with van der Waals surface area (Å²) in [5.74, 6) is 0. The summed E-state index contributed by atoms with van der Waals surface area (Å²) < 4.78 is 5.17. The van der Waals surface area contributed by atoms with E-state index in [0.717, 1.165) is 32.1 Å². The van der Waals surface area contributed by atoms with E-state index in [-0.39, 0.29) is 11.6 Å². The number of hydrogen-bond donors (Lipinski definition) is 2. The molecule has 3 N–H and O–H groups in total. The number of nitrogens with two attached hydrogens (primary N) is 1. The van der Waals surface area contributed by atoms with Crippen LogP contribution in [0.4, 0.5) is 4.79 Å². The molecule has 0 aromatic rings. The van der Waals surface area contributed by atoms with E-state index in [4.69, 9.17) is 10.5 Å². The quantitative estimate of drug-likeness (QED) is 0.725. The minimum atomic E-state index is -0.337. The van der Waals surface area contributed by atoms with Crippen molar-refractivity contribution in [3.05, 3.63) is 0 Å². The molecule has 16 heavy (non-hydrogen) atoms. The standard InChI is InChI=1S/C12H24N2O2/c1-2-9-14-11(15)16-10-12(13)7-5-3-4-6-8-12/h2-10,13H2,1H3,(H,14,15). The number of nitrogens with one attached hydrogen (secondary N) is 1. The summed E-state index contributed by atoms with van der Waals surface area (Å²) in [5, 5.41) is 2.69. The summed E-state index contributed by atoms with van der Waals surface area (Å²) in [6.45, 7) is 3.02. The van der Waals surface area contributed by atoms with Gasteiger partial charge in [-0.2, -0.15) is 0 Å². The van der Waals surface area contributed by atoms with Crippen molar-refractivity contribution >= 4 is 6.09 Å². The predicted octanol–water partition coefficient (Wildman–Crippen LogP) is 2.17. The highest BCUT2D eigenvalue weighted by Crippen LogP contribution is 2.25. The molecule has 1 amide bonds. The smallest absolute Gasteiger partial charge is 0.407 e. The van der Waals surface area contributed by atoms with Gasteiger partial charge < -0.3 is 15.8 Å². The first-order valence-electron chi connectivity index (χ1n) is 6.36. The largest absolute Gasteiger partial charge is 0.448 e. The van der Waals surface area contributed by atoms with Gasteiger partial charge in [0.15, 0.2) is 0 Å². The van der Waals surface area contributed by atoms with Gasteiger partial charge in [0.1, 0.15) is 6.61 Å². The average molecular weight is 228 g/mol. The van der Waals surface area contributed by atoms with E-state index in [2.05, 4.69) is 5.32 Å². The maximum absolute atomic E-state index is 11.3. The summed E-state index contributed by atoms with van der Waals surface area (Å²) in [4.78, 5) is 11.3. The molecule has 4 nitrogen and oxygen atoms in total. The lowest BCUT2D eigenvalue weighted by Gasteiger charge is -2.27. The van der Waals surface area contributed by atoms with Crippen LogP contribution in [-0.2, 0) is 4.74 Å². The first-order chi connectivity index (χ1) is 7.66. The van der Waals surface area contributed by atoms with E-state index < -0.39 is 0 Å². The van der Waals surface area contributed by atoms with Crippen LogP contribution in [0.3, 0.4) is 0 Å². The number of alkyl carbamates (subject to hydrolysis) is 1. The van der Waals surface area contributed by atoms with Gasteiger partial charge in [-0.15, -0.1) is 0 Å². The van der Waals surface area contributed by atoms with Gasteiger partial charge in [-0.3, -0.25) is 0 Å². The molecular weight excluding hydrogens is 204 g/mol. The topological polar surface area (TPSA) is 64.3 Å². The van der Waals surface area contributed by atoms with Gasteiger partial charge in [0.25, 0.3) is 0 Å². The fourth-order valence-corrected chi connectivity index (χ4v) is 2.06. The molecule has 1 rings (SSSR count). The van der Waals surface area contributed by atoms with Crippen molar-refractivity contribution in [3.63, 3.8) is 0 Å². The number of hydrogen-bond acceptors (Lipinski definition) is 3. The molecule has 94 valence electrons. The molecule has 1 fully saturated rings. The maximum Gasteiger partial charge on any atom is 0.407 e. The van der Waals surface area contributed by atoms with Gasteiger partial charge in [0.05, 0.1) is 5.54 Å². The zero-order valence-electron chi connectivity index (χ0n) is 10.3. The summed E-state index contributed by atoms with van der Waals surface area (Å²) in [6.07, 6.45) is 7.32. The lowest BCUT2D eigenvalue weighted by atomic mass is 9.93. The first-order valence-corrected chi connectivity index (χ1v) is 6.36. The van der Waals surface area contributed by atoms with Gasteiger partial charge in [0.2, 0.25) is 0 Å². The van der Waals surface area contributed by atoms with Crippen molar-refractivity contribution < 1.29 is 9.53 Å². The zero-order valence-corrected chi connectivity index (χ0v) is 10.3. The zero-order chi connectivity index (χ0) is 11.9. The highest BCUT2D eigenvalue weighted by Gasteiger charge is 2.27. The second-order valence-corrected chi connectivity index (χ2v) is 4.78. The first kappa shape index (κ1) is 13.3. The van der Waals surface area contributed by atoms with Crippen LogP contribution in [-0.4, -0.2) is 24.8 Å². The molecule has 0 aromatic heterocycles. The van der Waals surface area contributed by atoms with E-state index in [0.29, 0.717) is 13.2 Å². The molecular formula is C12H24N2O2. The average Bonchev–Trinajstić information content (AvgIpc) is 2.49. The minimum Gasteiger partial charge on any atom is -0.448 e. The fraction of sp³-hybridized carbons (Fsp3) is 0.917. The van der Waals surface area contributed by atoms with Crippen LogP contribution in [0.15, 0.2) is 0 Å². The second kappa shape index (κ2) is 6.74. The third-order valence-electron chi connectivity index (χ3n) is 3.11. The van der Waals surface area contributed by atoms with Crippen LogP contribution in [0.2, 0.25) is 0 Å². The van der Waals surface area contributed by atoms with Crippen LogP contribution < -0.4 is 11.1 Å². The van der Waals surface area contributed by atoms with Gasteiger partial charge >= 0.3 is 6.09 Å². The van der Waals surface area contributed by atoms with E-state index in [1.807, 2.05) is 6.92 Å². The molecule has 0 saturated heterocycles. The summed E-state index contributed by atoms with van der Waals surface area (Å²) in [5.41, 5.74) is 5.94. The Bertz CT molecular complexity index is 211. The Labute approximate surface area is 97.9 Å². The number of carbonyl (C=O) groups excluding carboxylic acids is 1. The van der Waals surface area contributed by atoms with Gasteiger partial charge in [0, 0.05) is 6.54 Å². The molecule has 4 heteroatoms. The van der Waals surface area contributed by atoms with Gasteiger partial charge in [-0.25, -0.2) is 4.79 Å². The highest BCUT2D eigenvalue weighted by atomic mass is 16.5. The maximum atomic E-state index is 11.3. The third kappa shape index (κ3) is 4.84. The predicted molar refractivity (Wildman–Crippen MR) is 64.3 cm³/mol. The SMILES string of the molecule is CCCNC(=O)OCC1(N)CCCCCC1. The van der Waals surface area contributed by atoms with E-state index in [1.54, 1.807) is 0 Å². The number of rotatable bonds is 4. The molecule has 0 bridgehead atoms. The third-order valence-corrected chi connectivity index (χ3v) is 3.11. The Hall–Kier alpha value is -0.770. The van der Waals surface area contributed by atoms with Crippen LogP contribution in [0.1, 0.15) is 51.9 Å². The minimum absolute atomic E-state index is 0.292. The monoisotopic (exact) mass is 228 g/mol. The second-order valence-electron chi connectivity index (χ2n) is 4.78. The normalized spacial score (nSPS) is 19.9. The Balaban J connectivity index is 2.25. The Morgan fingerprint density at radius 3 is 2.50 bits per heavy atom. The van der Waals surface area contributed by atoms with Crippen LogP contribution in [0.5, 0.6) is 0 Å². The number of carbonyl (C=O) groups is 1. The molecule has 0 atom stereocenters. The summed E-state index contributed by atoms with van der Waals surface area (Å²) in [7, 11) is 0. The molecule has 1 saturated carbocycles. The van der Waals surface area contributed by atoms with Gasteiger partial charge in [-0.05, 0) is 19.3 Å². The van der Waals surface area contributed by atoms with Crippen molar-refractivity contribution in [2.45, 2.75) is 57.4 Å². The Morgan fingerprint density at radius 1 is 1.31 bits per heavy atom. The van der Waals surface area contributed by atoms with Gasteiger partial charge in [-0.1, -0.05) is 32.6 Å². The molecule has 0 spiro atoms. The summed E-state index contributed by atoms with van der Waals surface area (Å²) in [6, 6.07) is 0. The lowest BCUT2D eigenvalue weighted by molar-refractivity contribution is 0.110. The number of ether oxygens (including phenoxy) is 1. The Morgan fingerprint density at radius 2 is 1.94 bits per heavy atom. The van der Waals surface area contributed by atoms with E-state index >= 15 is 0 Å². The van der Waals surface area contributed by atoms with Crippen LogP contribution in [0, 0.1) is 0 Å².